The summed E-state index contributed by atoms with van der Waals surface area (Å²) in [5.74, 6) is -2.94. The maximum atomic E-state index is 11.0. The Morgan fingerprint density at radius 2 is 2.06 bits per heavy atom. The minimum Gasteiger partial charge on any atom is -0.481 e. The summed E-state index contributed by atoms with van der Waals surface area (Å²) in [7, 11) is 0. The summed E-state index contributed by atoms with van der Waals surface area (Å²) in [5.41, 5.74) is 6.29. The quantitative estimate of drug-likeness (QED) is 0.658. The van der Waals surface area contributed by atoms with Crippen LogP contribution in [0.2, 0.25) is 0 Å². The molecule has 4 N–H and O–H groups in total. The summed E-state index contributed by atoms with van der Waals surface area (Å²) in [6, 6.07) is 0.724. The summed E-state index contributed by atoms with van der Waals surface area (Å²) < 4.78 is 1.03. The largest absolute Gasteiger partial charge is 0.481 e. The molecular formula is C10H12INO4S. The highest BCUT2D eigenvalue weighted by atomic mass is 127. The smallest absolute Gasteiger partial charge is 0.320 e. The van der Waals surface area contributed by atoms with Crippen molar-refractivity contribution in [3.8, 4) is 0 Å². The average Bonchev–Trinajstić information content (AvgIpc) is 2.62. The molecule has 0 spiro atoms. The lowest BCUT2D eigenvalue weighted by Gasteiger charge is -2.14. The molecular weight excluding hydrogens is 357 g/mol. The Morgan fingerprint density at radius 1 is 1.41 bits per heavy atom. The number of thiophene rings is 1. The molecule has 1 heterocycles. The minimum atomic E-state index is -1.17. The molecule has 1 unspecified atom stereocenters. The SMILES string of the molecule is N[C@@H](CC(Cc1ccsc1I)C(=O)O)C(=O)O. The monoisotopic (exact) mass is 369 g/mol. The van der Waals surface area contributed by atoms with Crippen molar-refractivity contribution in [1.82, 2.24) is 0 Å². The third kappa shape index (κ3) is 4.25. The van der Waals surface area contributed by atoms with Gasteiger partial charge < -0.3 is 15.9 Å². The molecule has 5 nitrogen and oxygen atoms in total. The van der Waals surface area contributed by atoms with E-state index in [-0.39, 0.29) is 6.42 Å². The molecule has 17 heavy (non-hydrogen) atoms. The van der Waals surface area contributed by atoms with Crippen LogP contribution in [-0.2, 0) is 16.0 Å². The maximum absolute atomic E-state index is 11.0. The average molecular weight is 369 g/mol. The number of hydrogen-bond acceptors (Lipinski definition) is 4. The third-order valence-corrected chi connectivity index (χ3v) is 4.56. The fraction of sp³-hybridized carbons (Fsp3) is 0.400. The van der Waals surface area contributed by atoms with Gasteiger partial charge >= 0.3 is 11.9 Å². The van der Waals surface area contributed by atoms with E-state index in [9.17, 15) is 9.59 Å². The molecule has 2 atom stereocenters. The zero-order valence-corrected chi connectivity index (χ0v) is 11.8. The van der Waals surface area contributed by atoms with Gasteiger partial charge in [0, 0.05) is 0 Å². The van der Waals surface area contributed by atoms with Gasteiger partial charge in [0.15, 0.2) is 0 Å². The fourth-order valence-electron chi connectivity index (χ4n) is 1.41. The molecule has 1 aromatic rings. The normalized spacial score (nSPS) is 14.2. The molecule has 94 valence electrons. The lowest BCUT2D eigenvalue weighted by molar-refractivity contribution is -0.143. The summed E-state index contributed by atoms with van der Waals surface area (Å²) in [5, 5.41) is 19.6. The molecule has 0 aliphatic heterocycles. The predicted molar refractivity (Wildman–Crippen MR) is 72.1 cm³/mol. The molecule has 0 aliphatic carbocycles. The van der Waals surface area contributed by atoms with Crippen LogP contribution in [0.4, 0.5) is 0 Å². The lowest BCUT2D eigenvalue weighted by atomic mass is 9.94. The van der Waals surface area contributed by atoms with Gasteiger partial charge in [0.25, 0.3) is 0 Å². The summed E-state index contributed by atoms with van der Waals surface area (Å²) in [6.45, 7) is 0. The number of carbonyl (C=O) groups is 2. The molecule has 0 bridgehead atoms. The maximum Gasteiger partial charge on any atom is 0.320 e. The van der Waals surface area contributed by atoms with Crippen LogP contribution in [0.15, 0.2) is 11.4 Å². The zero-order chi connectivity index (χ0) is 13.0. The molecule has 1 aromatic heterocycles. The Kier molecular flexibility index (Phi) is 5.34. The van der Waals surface area contributed by atoms with Gasteiger partial charge in [-0.1, -0.05) is 0 Å². The van der Waals surface area contributed by atoms with Gasteiger partial charge in [-0.3, -0.25) is 9.59 Å². The van der Waals surface area contributed by atoms with Crippen molar-refractivity contribution >= 4 is 45.9 Å². The van der Waals surface area contributed by atoms with Gasteiger partial charge in [-0.25, -0.2) is 0 Å². The lowest BCUT2D eigenvalue weighted by Crippen LogP contribution is -2.35. The van der Waals surface area contributed by atoms with Crippen molar-refractivity contribution in [2.75, 3.05) is 0 Å². The first-order valence-corrected chi connectivity index (χ1v) is 6.80. The van der Waals surface area contributed by atoms with Crippen molar-refractivity contribution in [2.24, 2.45) is 11.7 Å². The molecule has 0 aliphatic rings. The van der Waals surface area contributed by atoms with Gasteiger partial charge in [0.1, 0.15) is 6.04 Å². The number of halogens is 1. The summed E-state index contributed by atoms with van der Waals surface area (Å²) in [6.07, 6.45) is 0.259. The minimum absolute atomic E-state index is 0.0589. The molecule has 0 aromatic carbocycles. The van der Waals surface area contributed by atoms with E-state index in [0.717, 1.165) is 8.45 Å². The topological polar surface area (TPSA) is 101 Å². The van der Waals surface area contributed by atoms with Crippen LogP contribution >= 0.6 is 33.9 Å². The highest BCUT2D eigenvalue weighted by molar-refractivity contribution is 14.1. The van der Waals surface area contributed by atoms with Gasteiger partial charge in [-0.2, -0.15) is 0 Å². The van der Waals surface area contributed by atoms with E-state index in [1.54, 1.807) is 0 Å². The predicted octanol–water partition coefficient (Wildman–Crippen LogP) is 1.40. The Balaban J connectivity index is 2.71. The third-order valence-electron chi connectivity index (χ3n) is 2.36. The van der Waals surface area contributed by atoms with Crippen LogP contribution < -0.4 is 5.73 Å². The van der Waals surface area contributed by atoms with Crippen LogP contribution in [0.1, 0.15) is 12.0 Å². The van der Waals surface area contributed by atoms with Gasteiger partial charge in [-0.05, 0) is 52.4 Å². The number of nitrogens with two attached hydrogens (primary N) is 1. The number of hydrogen-bond donors (Lipinski definition) is 3. The van der Waals surface area contributed by atoms with E-state index < -0.39 is 23.9 Å². The second-order valence-corrected chi connectivity index (χ2v) is 6.37. The van der Waals surface area contributed by atoms with Crippen LogP contribution in [0, 0.1) is 8.80 Å². The van der Waals surface area contributed by atoms with Crippen molar-refractivity contribution in [2.45, 2.75) is 18.9 Å². The first kappa shape index (κ1) is 14.4. The second-order valence-electron chi connectivity index (χ2n) is 3.64. The van der Waals surface area contributed by atoms with Crippen LogP contribution in [0.3, 0.4) is 0 Å². The first-order valence-electron chi connectivity index (χ1n) is 4.85. The molecule has 0 fully saturated rings. The number of carboxylic acid groups (broad SMARTS) is 2. The van der Waals surface area contributed by atoms with Crippen molar-refractivity contribution in [1.29, 1.82) is 0 Å². The van der Waals surface area contributed by atoms with Crippen LogP contribution in [0.5, 0.6) is 0 Å². The standard InChI is InChI=1S/C10H12INO4S/c11-8-5(1-2-17-8)3-6(9(13)14)4-7(12)10(15)16/h1-2,6-7H,3-4,12H2,(H,13,14)(H,15,16)/t6?,7-/m0/s1. The molecule has 7 heteroatoms. The van der Waals surface area contributed by atoms with Crippen molar-refractivity contribution in [3.05, 3.63) is 19.9 Å². The van der Waals surface area contributed by atoms with E-state index in [4.69, 9.17) is 15.9 Å². The Bertz CT molecular complexity index is 420. The highest BCUT2D eigenvalue weighted by Gasteiger charge is 2.25. The van der Waals surface area contributed by atoms with Crippen molar-refractivity contribution < 1.29 is 19.8 Å². The van der Waals surface area contributed by atoms with Crippen molar-refractivity contribution in [3.63, 3.8) is 0 Å². The van der Waals surface area contributed by atoms with E-state index in [0.29, 0.717) is 6.42 Å². The molecule has 0 amide bonds. The zero-order valence-electron chi connectivity index (χ0n) is 8.80. The molecule has 0 radical (unpaired) electrons. The fourth-order valence-corrected chi connectivity index (χ4v) is 2.90. The summed E-state index contributed by atoms with van der Waals surface area (Å²) in [4.78, 5) is 21.7. The van der Waals surface area contributed by atoms with Gasteiger partial charge in [0.05, 0.1) is 8.80 Å². The Hall–Kier alpha value is -0.670. The van der Waals surface area contributed by atoms with Crippen LogP contribution in [0.25, 0.3) is 0 Å². The van der Waals surface area contributed by atoms with E-state index in [2.05, 4.69) is 22.6 Å². The van der Waals surface area contributed by atoms with Crippen LogP contribution in [-0.4, -0.2) is 28.2 Å². The number of aliphatic carboxylic acids is 2. The summed E-state index contributed by atoms with van der Waals surface area (Å²) >= 11 is 3.67. The molecule has 0 saturated carbocycles. The molecule has 0 saturated heterocycles. The Labute approximate surface area is 116 Å². The number of rotatable bonds is 6. The van der Waals surface area contributed by atoms with Gasteiger partial charge in [0.2, 0.25) is 0 Å². The van der Waals surface area contributed by atoms with Gasteiger partial charge in [-0.15, -0.1) is 11.3 Å². The number of carboxylic acids is 2. The first-order chi connectivity index (χ1) is 7.91. The van der Waals surface area contributed by atoms with E-state index >= 15 is 0 Å². The second kappa shape index (κ2) is 6.31. The Morgan fingerprint density at radius 3 is 2.47 bits per heavy atom. The molecule has 1 rings (SSSR count). The highest BCUT2D eigenvalue weighted by Crippen LogP contribution is 2.23. The van der Waals surface area contributed by atoms with E-state index in [1.165, 1.54) is 11.3 Å². The van der Waals surface area contributed by atoms with E-state index in [1.807, 2.05) is 11.4 Å².